The number of nitrogens with zero attached hydrogens (tertiary/aromatic N) is 3. The average Bonchev–Trinajstić information content (AvgIpc) is 2.05. The van der Waals surface area contributed by atoms with Gasteiger partial charge in [0.1, 0.15) is 0 Å². The van der Waals surface area contributed by atoms with E-state index >= 15 is 0 Å². The van der Waals surface area contributed by atoms with E-state index in [1.165, 1.54) is 0 Å². The maximum Gasteiger partial charge on any atom is 0.0786 e. The fraction of sp³-hybridized carbons (Fsp3) is 0.625. The molecule has 0 saturated carbocycles. The first-order valence-electron chi connectivity index (χ1n) is 3.82. The Kier molecular flexibility index (Phi) is 2.65. The molecule has 0 saturated heterocycles. The lowest BCUT2D eigenvalue weighted by Gasteiger charge is -2.32. The summed E-state index contributed by atoms with van der Waals surface area (Å²) in [6.45, 7) is 3.08. The Hall–Kier alpha value is -0.830. The molecule has 0 aliphatic carbocycles. The SMILES string of the molecule is CC(N(C)C)N1C=CN=CC1. The fourth-order valence-corrected chi connectivity index (χ4v) is 0.961. The van der Waals surface area contributed by atoms with Gasteiger partial charge in [0.15, 0.2) is 0 Å². The summed E-state index contributed by atoms with van der Waals surface area (Å²) in [6.07, 6.45) is 6.20. The molecule has 1 heterocycles. The summed E-state index contributed by atoms with van der Waals surface area (Å²) >= 11 is 0. The molecule has 1 atom stereocenters. The van der Waals surface area contributed by atoms with Crippen LogP contribution in [0.2, 0.25) is 0 Å². The summed E-state index contributed by atoms with van der Waals surface area (Å²) in [5, 5.41) is 0. The van der Waals surface area contributed by atoms with E-state index in [2.05, 4.69) is 35.8 Å². The smallest absolute Gasteiger partial charge is 0.0786 e. The molecule has 11 heavy (non-hydrogen) atoms. The highest BCUT2D eigenvalue weighted by Crippen LogP contribution is 2.03. The Labute approximate surface area is 68.0 Å². The van der Waals surface area contributed by atoms with Crippen LogP contribution in [0.15, 0.2) is 17.4 Å². The Morgan fingerprint density at radius 2 is 2.27 bits per heavy atom. The molecule has 0 aromatic carbocycles. The van der Waals surface area contributed by atoms with Crippen molar-refractivity contribution in [1.82, 2.24) is 9.80 Å². The molecule has 1 aliphatic rings. The second-order valence-corrected chi connectivity index (χ2v) is 2.92. The first-order chi connectivity index (χ1) is 5.22. The zero-order chi connectivity index (χ0) is 8.27. The maximum atomic E-state index is 4.00. The highest BCUT2D eigenvalue weighted by Gasteiger charge is 2.11. The quantitative estimate of drug-likeness (QED) is 0.583. The number of hydrogen-bond acceptors (Lipinski definition) is 3. The molecule has 0 bridgehead atoms. The Bertz CT molecular complexity index is 172. The Morgan fingerprint density at radius 1 is 1.55 bits per heavy atom. The van der Waals surface area contributed by atoms with Crippen molar-refractivity contribution in [1.29, 1.82) is 0 Å². The molecule has 0 aromatic rings. The minimum absolute atomic E-state index is 0.443. The van der Waals surface area contributed by atoms with Gasteiger partial charge in [-0.3, -0.25) is 9.89 Å². The predicted octanol–water partition coefficient (Wildman–Crippen LogP) is 0.752. The van der Waals surface area contributed by atoms with E-state index in [9.17, 15) is 0 Å². The van der Waals surface area contributed by atoms with Crippen LogP contribution in [0.1, 0.15) is 6.92 Å². The molecule has 1 unspecified atom stereocenters. The average molecular weight is 153 g/mol. The molecule has 3 heteroatoms. The van der Waals surface area contributed by atoms with Crippen LogP contribution in [0.4, 0.5) is 0 Å². The van der Waals surface area contributed by atoms with Crippen LogP contribution in [0, 0.1) is 0 Å². The van der Waals surface area contributed by atoms with E-state index in [-0.39, 0.29) is 0 Å². The highest BCUT2D eigenvalue weighted by molar-refractivity contribution is 5.61. The van der Waals surface area contributed by atoms with Crippen LogP contribution in [0.5, 0.6) is 0 Å². The van der Waals surface area contributed by atoms with Gasteiger partial charge in [0.2, 0.25) is 0 Å². The minimum atomic E-state index is 0.443. The highest BCUT2D eigenvalue weighted by atomic mass is 15.3. The third-order valence-electron chi connectivity index (χ3n) is 1.97. The van der Waals surface area contributed by atoms with Crippen molar-refractivity contribution in [2.75, 3.05) is 20.6 Å². The summed E-state index contributed by atoms with van der Waals surface area (Å²) < 4.78 is 0. The molecule has 1 aliphatic heterocycles. The summed E-state index contributed by atoms with van der Waals surface area (Å²) in [6, 6.07) is 0. The molecule has 0 amide bonds. The van der Waals surface area contributed by atoms with Gasteiger partial charge in [-0.25, -0.2) is 0 Å². The molecule has 0 N–H and O–H groups in total. The second kappa shape index (κ2) is 3.53. The van der Waals surface area contributed by atoms with Crippen molar-refractivity contribution in [3.63, 3.8) is 0 Å². The zero-order valence-electron chi connectivity index (χ0n) is 7.36. The molecule has 0 aromatic heterocycles. The normalized spacial score (nSPS) is 19.5. The maximum absolute atomic E-state index is 4.00. The third kappa shape index (κ3) is 2.05. The summed E-state index contributed by atoms with van der Waals surface area (Å²) in [5.74, 6) is 0. The van der Waals surface area contributed by atoms with Crippen LogP contribution >= 0.6 is 0 Å². The van der Waals surface area contributed by atoms with Gasteiger partial charge in [0, 0.05) is 18.6 Å². The van der Waals surface area contributed by atoms with Crippen molar-refractivity contribution in [3.05, 3.63) is 12.4 Å². The van der Waals surface area contributed by atoms with Crippen LogP contribution in [0.25, 0.3) is 0 Å². The monoisotopic (exact) mass is 153 g/mol. The zero-order valence-corrected chi connectivity index (χ0v) is 7.36. The van der Waals surface area contributed by atoms with Gasteiger partial charge in [-0.1, -0.05) is 0 Å². The molecule has 3 nitrogen and oxygen atoms in total. The van der Waals surface area contributed by atoms with Crippen molar-refractivity contribution in [2.45, 2.75) is 13.1 Å². The van der Waals surface area contributed by atoms with Gasteiger partial charge < -0.3 is 4.90 Å². The lowest BCUT2D eigenvalue weighted by Crippen LogP contribution is -2.41. The van der Waals surface area contributed by atoms with Crippen LogP contribution in [-0.2, 0) is 0 Å². The largest absolute Gasteiger partial charge is 0.355 e. The van der Waals surface area contributed by atoms with Crippen LogP contribution in [0.3, 0.4) is 0 Å². The number of hydrogen-bond donors (Lipinski definition) is 0. The summed E-state index contributed by atoms with van der Waals surface area (Å²) in [4.78, 5) is 8.40. The van der Waals surface area contributed by atoms with Gasteiger partial charge >= 0.3 is 0 Å². The van der Waals surface area contributed by atoms with E-state index in [0.717, 1.165) is 6.54 Å². The molecule has 1 rings (SSSR count). The Morgan fingerprint density at radius 3 is 2.73 bits per heavy atom. The van der Waals surface area contributed by atoms with E-state index in [4.69, 9.17) is 0 Å². The fourth-order valence-electron chi connectivity index (χ4n) is 0.961. The summed E-state index contributed by atoms with van der Waals surface area (Å²) in [5.41, 5.74) is 0. The van der Waals surface area contributed by atoms with Crippen molar-refractivity contribution < 1.29 is 0 Å². The lowest BCUT2D eigenvalue weighted by atomic mass is 10.4. The number of aliphatic imine (C=N–C) groups is 1. The van der Waals surface area contributed by atoms with Gasteiger partial charge in [-0.05, 0) is 21.0 Å². The molecule has 62 valence electrons. The minimum Gasteiger partial charge on any atom is -0.355 e. The van der Waals surface area contributed by atoms with Gasteiger partial charge in [-0.15, -0.1) is 0 Å². The standard InChI is InChI=1S/C8H15N3/c1-8(10(2)3)11-6-4-9-5-7-11/h4-6,8H,7H2,1-3H3. The first kappa shape index (κ1) is 8.27. The van der Waals surface area contributed by atoms with E-state index in [0.29, 0.717) is 6.17 Å². The molecule has 0 fully saturated rings. The lowest BCUT2D eigenvalue weighted by molar-refractivity contribution is 0.156. The van der Waals surface area contributed by atoms with Crippen LogP contribution < -0.4 is 0 Å². The summed E-state index contributed by atoms with van der Waals surface area (Å²) in [7, 11) is 4.15. The van der Waals surface area contributed by atoms with E-state index in [1.807, 2.05) is 18.6 Å². The third-order valence-corrected chi connectivity index (χ3v) is 1.97. The van der Waals surface area contributed by atoms with Crippen molar-refractivity contribution >= 4 is 6.21 Å². The predicted molar refractivity (Wildman–Crippen MR) is 47.5 cm³/mol. The van der Waals surface area contributed by atoms with E-state index < -0.39 is 0 Å². The van der Waals surface area contributed by atoms with Crippen molar-refractivity contribution in [2.24, 2.45) is 4.99 Å². The first-order valence-corrected chi connectivity index (χ1v) is 3.82. The number of rotatable bonds is 2. The van der Waals surface area contributed by atoms with Crippen LogP contribution in [-0.4, -0.2) is 42.8 Å². The molecular formula is C8H15N3. The molecular weight excluding hydrogens is 138 g/mol. The van der Waals surface area contributed by atoms with Gasteiger partial charge in [0.25, 0.3) is 0 Å². The van der Waals surface area contributed by atoms with Crippen molar-refractivity contribution in [3.8, 4) is 0 Å². The molecule has 0 spiro atoms. The van der Waals surface area contributed by atoms with Gasteiger partial charge in [0.05, 0.1) is 12.7 Å². The second-order valence-electron chi connectivity index (χ2n) is 2.92. The van der Waals surface area contributed by atoms with Gasteiger partial charge in [-0.2, -0.15) is 0 Å². The molecule has 0 radical (unpaired) electrons. The topological polar surface area (TPSA) is 18.8 Å². The Balaban J connectivity index is 2.48. The van der Waals surface area contributed by atoms with E-state index in [1.54, 1.807) is 0 Å².